The van der Waals surface area contributed by atoms with Crippen LogP contribution < -0.4 is 0 Å². The Kier molecular flexibility index (Phi) is 5.07. The number of nitrogens with one attached hydrogen (secondary N) is 1. The molecule has 0 spiro atoms. The van der Waals surface area contributed by atoms with Crippen molar-refractivity contribution in [3.05, 3.63) is 42.1 Å². The summed E-state index contributed by atoms with van der Waals surface area (Å²) >= 11 is 0. The highest BCUT2D eigenvalue weighted by atomic mass is 16.2. The third-order valence-corrected chi connectivity index (χ3v) is 5.72. The zero-order valence-electron chi connectivity index (χ0n) is 15.5. The van der Waals surface area contributed by atoms with E-state index >= 15 is 0 Å². The van der Waals surface area contributed by atoms with E-state index in [1.807, 2.05) is 24.4 Å². The number of carbonyl (C=O) groups is 1. The quantitative estimate of drug-likeness (QED) is 0.832. The molecule has 5 nitrogen and oxygen atoms in total. The van der Waals surface area contributed by atoms with E-state index in [0.717, 1.165) is 49.3 Å². The molecule has 5 heteroatoms. The molecule has 1 saturated heterocycles. The molecule has 1 N–H and O–H groups in total. The molecular weight excluding hydrogens is 324 g/mol. The van der Waals surface area contributed by atoms with Crippen LogP contribution in [0.4, 0.5) is 0 Å². The highest BCUT2D eigenvalue weighted by Gasteiger charge is 2.36. The van der Waals surface area contributed by atoms with E-state index in [2.05, 4.69) is 39.1 Å². The van der Waals surface area contributed by atoms with Crippen LogP contribution in [0.1, 0.15) is 38.2 Å². The summed E-state index contributed by atoms with van der Waals surface area (Å²) in [6.07, 6.45) is 6.41. The minimum Gasteiger partial charge on any atom is -0.336 e. The smallest absolute Gasteiger partial charge is 0.226 e. The van der Waals surface area contributed by atoms with Gasteiger partial charge < -0.3 is 4.90 Å². The van der Waals surface area contributed by atoms with Crippen LogP contribution in [0.15, 0.2) is 36.5 Å². The van der Waals surface area contributed by atoms with Gasteiger partial charge in [0.05, 0.1) is 11.9 Å². The highest BCUT2D eigenvalue weighted by Crippen LogP contribution is 2.33. The fourth-order valence-electron chi connectivity index (χ4n) is 4.08. The lowest BCUT2D eigenvalue weighted by molar-refractivity contribution is -0.133. The van der Waals surface area contributed by atoms with Gasteiger partial charge in [-0.2, -0.15) is 5.10 Å². The number of nitrogens with zero attached hydrogens (tertiary/aromatic N) is 3. The molecule has 1 aliphatic heterocycles. The zero-order valence-corrected chi connectivity index (χ0v) is 15.5. The maximum absolute atomic E-state index is 12.9. The summed E-state index contributed by atoms with van der Waals surface area (Å²) in [5, 5.41) is 7.39. The molecule has 1 aliphatic carbocycles. The summed E-state index contributed by atoms with van der Waals surface area (Å²) in [4.78, 5) is 17.5. The number of hydrogen-bond donors (Lipinski definition) is 1. The van der Waals surface area contributed by atoms with Gasteiger partial charge in [-0.05, 0) is 44.3 Å². The molecule has 1 aromatic carbocycles. The Morgan fingerprint density at radius 3 is 2.81 bits per heavy atom. The minimum atomic E-state index is 0.249. The molecule has 0 radical (unpaired) electrons. The molecule has 26 heavy (non-hydrogen) atoms. The van der Waals surface area contributed by atoms with Crippen LogP contribution in [0.25, 0.3) is 11.3 Å². The van der Waals surface area contributed by atoms with Gasteiger partial charge in [-0.1, -0.05) is 37.3 Å². The van der Waals surface area contributed by atoms with Crippen molar-refractivity contribution in [2.45, 2.75) is 45.2 Å². The van der Waals surface area contributed by atoms with Crippen molar-refractivity contribution in [3.8, 4) is 11.3 Å². The Labute approximate surface area is 155 Å². The van der Waals surface area contributed by atoms with Crippen LogP contribution in [0.5, 0.6) is 0 Å². The number of H-pyrrole nitrogens is 1. The molecule has 1 amide bonds. The van der Waals surface area contributed by atoms with Crippen LogP contribution in [0.3, 0.4) is 0 Å². The predicted octanol–water partition coefficient (Wildman–Crippen LogP) is 3.30. The van der Waals surface area contributed by atoms with E-state index in [1.165, 1.54) is 12.8 Å². The number of benzene rings is 1. The third-order valence-electron chi connectivity index (χ3n) is 5.72. The van der Waals surface area contributed by atoms with Crippen LogP contribution in [-0.4, -0.2) is 51.6 Å². The fourth-order valence-corrected chi connectivity index (χ4v) is 4.08. The lowest BCUT2D eigenvalue weighted by Crippen LogP contribution is -2.43. The standard InChI is InChI=1S/C21H28N4O/c1-2-24-12-6-9-19(24)15-25(21(26)17-10-11-17)14-18-13-22-23-20(18)16-7-4-3-5-8-16/h3-5,7-8,13,17,19H,2,6,9-12,14-15H2,1H3,(H,22,23)/t19-/m0/s1. The van der Waals surface area contributed by atoms with Crippen molar-refractivity contribution in [2.24, 2.45) is 5.92 Å². The Morgan fingerprint density at radius 1 is 1.27 bits per heavy atom. The van der Waals surface area contributed by atoms with Gasteiger partial charge in [-0.25, -0.2) is 0 Å². The lowest BCUT2D eigenvalue weighted by Gasteiger charge is -2.30. The highest BCUT2D eigenvalue weighted by molar-refractivity contribution is 5.81. The largest absolute Gasteiger partial charge is 0.336 e. The van der Waals surface area contributed by atoms with E-state index < -0.39 is 0 Å². The molecule has 0 bridgehead atoms. The van der Waals surface area contributed by atoms with E-state index in [-0.39, 0.29) is 5.92 Å². The molecule has 2 fully saturated rings. The van der Waals surface area contributed by atoms with Crippen molar-refractivity contribution in [1.82, 2.24) is 20.0 Å². The van der Waals surface area contributed by atoms with E-state index in [0.29, 0.717) is 18.5 Å². The molecule has 2 aromatic rings. The van der Waals surface area contributed by atoms with E-state index in [9.17, 15) is 4.79 Å². The number of hydrogen-bond acceptors (Lipinski definition) is 3. The molecule has 138 valence electrons. The van der Waals surface area contributed by atoms with Crippen LogP contribution in [0.2, 0.25) is 0 Å². The minimum absolute atomic E-state index is 0.249. The summed E-state index contributed by atoms with van der Waals surface area (Å²) in [6.45, 7) is 5.92. The topological polar surface area (TPSA) is 52.2 Å². The van der Waals surface area contributed by atoms with Gasteiger partial charge in [0, 0.05) is 30.6 Å². The van der Waals surface area contributed by atoms with E-state index in [4.69, 9.17) is 0 Å². The van der Waals surface area contributed by atoms with Gasteiger partial charge in [0.2, 0.25) is 5.91 Å². The Hall–Kier alpha value is -2.14. The van der Waals surface area contributed by atoms with Gasteiger partial charge in [0.15, 0.2) is 0 Å². The van der Waals surface area contributed by atoms with Crippen LogP contribution in [-0.2, 0) is 11.3 Å². The van der Waals surface area contributed by atoms with Crippen molar-refractivity contribution in [3.63, 3.8) is 0 Å². The first-order valence-corrected chi connectivity index (χ1v) is 9.86. The molecule has 1 saturated carbocycles. The van der Waals surface area contributed by atoms with Crippen molar-refractivity contribution >= 4 is 5.91 Å². The molecule has 2 heterocycles. The fraction of sp³-hybridized carbons (Fsp3) is 0.524. The second kappa shape index (κ2) is 7.62. The van der Waals surface area contributed by atoms with Gasteiger partial charge in [0.1, 0.15) is 0 Å². The van der Waals surface area contributed by atoms with Gasteiger partial charge in [-0.15, -0.1) is 0 Å². The maximum atomic E-state index is 12.9. The number of likely N-dealkylation sites (tertiary alicyclic amines) is 1. The monoisotopic (exact) mass is 352 g/mol. The normalized spacial score (nSPS) is 20.4. The summed E-state index contributed by atoms with van der Waals surface area (Å²) < 4.78 is 0. The number of aromatic amines is 1. The maximum Gasteiger partial charge on any atom is 0.226 e. The summed E-state index contributed by atoms with van der Waals surface area (Å²) in [5.74, 6) is 0.576. The van der Waals surface area contributed by atoms with Crippen molar-refractivity contribution < 1.29 is 4.79 Å². The summed E-state index contributed by atoms with van der Waals surface area (Å²) in [5.41, 5.74) is 3.25. The first-order valence-electron chi connectivity index (χ1n) is 9.86. The SMILES string of the molecule is CCN1CCC[C@H]1CN(Cc1cn[nH]c1-c1ccccc1)C(=O)C1CC1. The number of amides is 1. The molecule has 1 atom stereocenters. The van der Waals surface area contributed by atoms with Crippen LogP contribution in [0, 0.1) is 5.92 Å². The Bertz CT molecular complexity index is 737. The molecule has 4 rings (SSSR count). The average Bonchev–Trinajstić information content (AvgIpc) is 3.26. The number of likely N-dealkylation sites (N-methyl/N-ethyl adjacent to an activating group) is 1. The van der Waals surface area contributed by atoms with E-state index in [1.54, 1.807) is 0 Å². The average molecular weight is 352 g/mol. The molecule has 2 aliphatic rings. The molecular formula is C21H28N4O. The molecule has 1 aromatic heterocycles. The molecule has 0 unspecified atom stereocenters. The first kappa shape index (κ1) is 17.3. The summed E-state index contributed by atoms with van der Waals surface area (Å²) in [7, 11) is 0. The van der Waals surface area contributed by atoms with Crippen LogP contribution >= 0.6 is 0 Å². The van der Waals surface area contributed by atoms with Crippen molar-refractivity contribution in [1.29, 1.82) is 0 Å². The van der Waals surface area contributed by atoms with Crippen molar-refractivity contribution in [2.75, 3.05) is 19.6 Å². The predicted molar refractivity (Wildman–Crippen MR) is 102 cm³/mol. The third kappa shape index (κ3) is 3.68. The Balaban J connectivity index is 1.54. The number of aromatic nitrogens is 2. The van der Waals surface area contributed by atoms with Gasteiger partial charge in [0.25, 0.3) is 0 Å². The van der Waals surface area contributed by atoms with Gasteiger partial charge in [-0.3, -0.25) is 14.8 Å². The summed E-state index contributed by atoms with van der Waals surface area (Å²) in [6, 6.07) is 10.7. The lowest BCUT2D eigenvalue weighted by atomic mass is 10.1. The number of rotatable bonds is 7. The van der Waals surface area contributed by atoms with Gasteiger partial charge >= 0.3 is 0 Å². The number of carbonyl (C=O) groups excluding carboxylic acids is 1. The second-order valence-corrected chi connectivity index (χ2v) is 7.55. The zero-order chi connectivity index (χ0) is 17.9. The first-order chi connectivity index (χ1) is 12.8. The second-order valence-electron chi connectivity index (χ2n) is 7.55. The Morgan fingerprint density at radius 2 is 2.08 bits per heavy atom.